The van der Waals surface area contributed by atoms with Crippen molar-refractivity contribution in [3.05, 3.63) is 52.1 Å². The molecule has 1 atom stereocenters. The molecule has 5 heteroatoms. The molecule has 1 heterocycles. The molecule has 0 saturated carbocycles. The lowest BCUT2D eigenvalue weighted by Gasteiger charge is -2.08. The van der Waals surface area contributed by atoms with Gasteiger partial charge in [0.25, 0.3) is 0 Å². The second kappa shape index (κ2) is 6.24. The Labute approximate surface area is 122 Å². The van der Waals surface area contributed by atoms with Crippen molar-refractivity contribution in [2.24, 2.45) is 5.73 Å². The van der Waals surface area contributed by atoms with Crippen LogP contribution < -0.4 is 10.5 Å². The molecule has 1 aromatic heterocycles. The predicted molar refractivity (Wildman–Crippen MR) is 78.1 cm³/mol. The quantitative estimate of drug-likeness (QED) is 0.925. The van der Waals surface area contributed by atoms with E-state index in [4.69, 9.17) is 33.7 Å². The van der Waals surface area contributed by atoms with Crippen LogP contribution in [0.4, 0.5) is 0 Å². The Hall–Kier alpha value is -1.29. The molecule has 19 heavy (non-hydrogen) atoms. The molecule has 100 valence electrons. The van der Waals surface area contributed by atoms with Gasteiger partial charge < -0.3 is 10.5 Å². The molecule has 3 nitrogen and oxygen atoms in total. The van der Waals surface area contributed by atoms with Crippen molar-refractivity contribution < 1.29 is 4.74 Å². The molecule has 0 amide bonds. The van der Waals surface area contributed by atoms with E-state index in [0.717, 1.165) is 12.0 Å². The maximum atomic E-state index is 5.92. The van der Waals surface area contributed by atoms with Gasteiger partial charge in [-0.15, -0.1) is 0 Å². The highest BCUT2D eigenvalue weighted by Gasteiger charge is 2.04. The van der Waals surface area contributed by atoms with E-state index in [1.165, 1.54) is 0 Å². The lowest BCUT2D eigenvalue weighted by Crippen LogP contribution is -2.17. The Bertz CT molecular complexity index is 556. The number of hydrogen-bond donors (Lipinski definition) is 1. The normalized spacial score (nSPS) is 12.2. The summed E-state index contributed by atoms with van der Waals surface area (Å²) in [5.74, 6) is 1.11. The Morgan fingerprint density at radius 1 is 1.21 bits per heavy atom. The van der Waals surface area contributed by atoms with Crippen LogP contribution in [-0.2, 0) is 6.42 Å². The van der Waals surface area contributed by atoms with Crippen molar-refractivity contribution >= 4 is 23.2 Å². The molecule has 1 aromatic carbocycles. The molecule has 1 unspecified atom stereocenters. The average molecular weight is 297 g/mol. The number of aromatic nitrogens is 1. The van der Waals surface area contributed by atoms with Gasteiger partial charge in [-0.2, -0.15) is 0 Å². The van der Waals surface area contributed by atoms with E-state index >= 15 is 0 Å². The van der Waals surface area contributed by atoms with E-state index in [1.807, 2.05) is 13.0 Å². The highest BCUT2D eigenvalue weighted by molar-refractivity contribution is 6.42. The zero-order chi connectivity index (χ0) is 13.8. The summed E-state index contributed by atoms with van der Waals surface area (Å²) in [7, 11) is 0. The average Bonchev–Trinajstić information content (AvgIpc) is 2.36. The van der Waals surface area contributed by atoms with Crippen molar-refractivity contribution in [1.82, 2.24) is 4.98 Å². The van der Waals surface area contributed by atoms with Crippen molar-refractivity contribution in [3.63, 3.8) is 0 Å². The monoisotopic (exact) mass is 296 g/mol. The van der Waals surface area contributed by atoms with Crippen LogP contribution in [0.5, 0.6) is 11.6 Å². The van der Waals surface area contributed by atoms with E-state index < -0.39 is 0 Å². The van der Waals surface area contributed by atoms with Gasteiger partial charge in [0, 0.05) is 24.4 Å². The van der Waals surface area contributed by atoms with Gasteiger partial charge in [0.05, 0.1) is 10.0 Å². The molecule has 0 spiro atoms. The summed E-state index contributed by atoms with van der Waals surface area (Å²) in [6.45, 7) is 1.96. The Morgan fingerprint density at radius 3 is 2.58 bits per heavy atom. The van der Waals surface area contributed by atoms with Gasteiger partial charge in [0.1, 0.15) is 5.75 Å². The third-order valence-corrected chi connectivity index (χ3v) is 3.21. The molecule has 2 rings (SSSR count). The van der Waals surface area contributed by atoms with Crippen molar-refractivity contribution in [2.45, 2.75) is 19.4 Å². The van der Waals surface area contributed by atoms with Crippen molar-refractivity contribution in [3.8, 4) is 11.6 Å². The van der Waals surface area contributed by atoms with E-state index in [2.05, 4.69) is 4.98 Å². The summed E-state index contributed by atoms with van der Waals surface area (Å²) in [6.07, 6.45) is 2.55. The van der Waals surface area contributed by atoms with Gasteiger partial charge in [-0.3, -0.25) is 0 Å². The molecule has 0 saturated heterocycles. The van der Waals surface area contributed by atoms with Gasteiger partial charge in [0.15, 0.2) is 0 Å². The summed E-state index contributed by atoms with van der Waals surface area (Å²) in [5, 5.41) is 0.946. The Balaban J connectivity index is 2.08. The number of nitrogens with two attached hydrogens (primary N) is 1. The van der Waals surface area contributed by atoms with E-state index in [9.17, 15) is 0 Å². The first-order chi connectivity index (χ1) is 9.04. The zero-order valence-corrected chi connectivity index (χ0v) is 11.9. The van der Waals surface area contributed by atoms with Gasteiger partial charge in [-0.05, 0) is 31.0 Å². The van der Waals surface area contributed by atoms with Gasteiger partial charge in [-0.1, -0.05) is 29.3 Å². The van der Waals surface area contributed by atoms with Crippen LogP contribution in [0.25, 0.3) is 0 Å². The molecule has 0 aliphatic carbocycles. The zero-order valence-electron chi connectivity index (χ0n) is 10.4. The van der Waals surface area contributed by atoms with Crippen molar-refractivity contribution in [1.29, 1.82) is 0 Å². The highest BCUT2D eigenvalue weighted by Crippen LogP contribution is 2.28. The Kier molecular flexibility index (Phi) is 4.64. The van der Waals surface area contributed by atoms with Crippen LogP contribution in [0.3, 0.4) is 0 Å². The third-order valence-electron chi connectivity index (χ3n) is 2.47. The molecular weight excluding hydrogens is 283 g/mol. The van der Waals surface area contributed by atoms with Crippen LogP contribution in [0, 0.1) is 0 Å². The SMILES string of the molecule is CC(N)Cc1ccc(Oc2ccc(Cl)c(Cl)c2)nc1. The summed E-state index contributed by atoms with van der Waals surface area (Å²) in [5.41, 5.74) is 6.81. The number of hydrogen-bond acceptors (Lipinski definition) is 3. The molecule has 0 aliphatic heterocycles. The smallest absolute Gasteiger partial charge is 0.219 e. The number of ether oxygens (including phenoxy) is 1. The van der Waals surface area contributed by atoms with Gasteiger partial charge in [-0.25, -0.2) is 4.98 Å². The van der Waals surface area contributed by atoms with Crippen LogP contribution in [0.15, 0.2) is 36.5 Å². The molecule has 0 fully saturated rings. The van der Waals surface area contributed by atoms with E-state index in [1.54, 1.807) is 30.5 Å². The standard InChI is InChI=1S/C14H14Cl2N2O/c1-9(17)6-10-2-5-14(18-8-10)19-11-3-4-12(15)13(16)7-11/h2-5,7-9H,6,17H2,1H3. The highest BCUT2D eigenvalue weighted by atomic mass is 35.5. The molecule has 0 aliphatic rings. The minimum absolute atomic E-state index is 0.114. The first-order valence-electron chi connectivity index (χ1n) is 5.88. The molecule has 0 bridgehead atoms. The largest absolute Gasteiger partial charge is 0.439 e. The second-order valence-electron chi connectivity index (χ2n) is 4.36. The topological polar surface area (TPSA) is 48.1 Å². The number of benzene rings is 1. The first-order valence-corrected chi connectivity index (χ1v) is 6.63. The fourth-order valence-corrected chi connectivity index (χ4v) is 1.91. The maximum absolute atomic E-state index is 5.92. The van der Waals surface area contributed by atoms with Crippen molar-refractivity contribution in [2.75, 3.05) is 0 Å². The number of nitrogens with zero attached hydrogens (tertiary/aromatic N) is 1. The lowest BCUT2D eigenvalue weighted by molar-refractivity contribution is 0.462. The van der Waals surface area contributed by atoms with Crippen LogP contribution >= 0.6 is 23.2 Å². The minimum Gasteiger partial charge on any atom is -0.439 e. The third kappa shape index (κ3) is 4.10. The number of rotatable bonds is 4. The fourth-order valence-electron chi connectivity index (χ4n) is 1.62. The minimum atomic E-state index is 0.114. The van der Waals surface area contributed by atoms with E-state index in [0.29, 0.717) is 21.7 Å². The van der Waals surface area contributed by atoms with Gasteiger partial charge in [0.2, 0.25) is 5.88 Å². The number of pyridine rings is 1. The molecule has 0 radical (unpaired) electrons. The van der Waals surface area contributed by atoms with Crippen LogP contribution in [0.2, 0.25) is 10.0 Å². The number of halogens is 2. The van der Waals surface area contributed by atoms with E-state index in [-0.39, 0.29) is 6.04 Å². The fraction of sp³-hybridized carbons (Fsp3) is 0.214. The first kappa shape index (κ1) is 14.1. The van der Waals surface area contributed by atoms with Crippen LogP contribution in [-0.4, -0.2) is 11.0 Å². The summed E-state index contributed by atoms with van der Waals surface area (Å²) in [6, 6.07) is 8.95. The second-order valence-corrected chi connectivity index (χ2v) is 5.18. The van der Waals surface area contributed by atoms with Gasteiger partial charge >= 0.3 is 0 Å². The predicted octanol–water partition coefficient (Wildman–Crippen LogP) is 4.07. The van der Waals surface area contributed by atoms with Crippen LogP contribution in [0.1, 0.15) is 12.5 Å². The lowest BCUT2D eigenvalue weighted by atomic mass is 10.1. The summed E-state index contributed by atoms with van der Waals surface area (Å²) < 4.78 is 5.59. The Morgan fingerprint density at radius 2 is 2.00 bits per heavy atom. The molecule has 2 aromatic rings. The maximum Gasteiger partial charge on any atom is 0.219 e. The molecule has 2 N–H and O–H groups in total. The summed E-state index contributed by atoms with van der Waals surface area (Å²) >= 11 is 11.8. The summed E-state index contributed by atoms with van der Waals surface area (Å²) in [4.78, 5) is 4.23. The molecular formula is C14H14Cl2N2O.